The maximum absolute atomic E-state index is 12.5. The molecule has 1 saturated heterocycles. The molecule has 0 saturated carbocycles. The van der Waals surface area contributed by atoms with Crippen LogP contribution in [0.4, 0.5) is 0 Å². The predicted octanol–water partition coefficient (Wildman–Crippen LogP) is 0.965. The standard InChI is InChI=1S/C12H11NO5S2/c14-7-5-13(6-7)20(17,18)11-8-3-1-2-4-9(8)19-10(11)12(15)16/h1-4,7,14H,5-6H2,(H,15,16). The summed E-state index contributed by atoms with van der Waals surface area (Å²) in [5.74, 6) is -1.26. The van der Waals surface area contributed by atoms with E-state index < -0.39 is 22.1 Å². The van der Waals surface area contributed by atoms with Crippen LogP contribution in [0.1, 0.15) is 9.67 Å². The molecular weight excluding hydrogens is 302 g/mol. The third kappa shape index (κ3) is 1.92. The minimum atomic E-state index is -3.89. The molecule has 3 rings (SSSR count). The van der Waals surface area contributed by atoms with E-state index in [4.69, 9.17) is 0 Å². The molecule has 1 aromatic heterocycles. The number of hydrogen-bond donors (Lipinski definition) is 2. The van der Waals surface area contributed by atoms with Gasteiger partial charge in [-0.05, 0) is 6.07 Å². The largest absolute Gasteiger partial charge is 0.477 e. The molecule has 2 heterocycles. The number of β-amino-alcohol motifs (C(OH)–C–C–N with tert-alkyl or cyclic N) is 1. The molecule has 0 aliphatic carbocycles. The Balaban J connectivity index is 2.24. The molecule has 0 unspecified atom stereocenters. The van der Waals surface area contributed by atoms with Gasteiger partial charge in [0.05, 0.1) is 6.10 Å². The Bertz CT molecular complexity index is 789. The molecule has 2 aromatic rings. The number of carbonyl (C=O) groups is 1. The zero-order valence-corrected chi connectivity index (χ0v) is 11.8. The quantitative estimate of drug-likeness (QED) is 0.880. The number of sulfonamides is 1. The Morgan fingerprint density at radius 1 is 1.30 bits per heavy atom. The molecule has 0 bridgehead atoms. The molecule has 0 radical (unpaired) electrons. The SMILES string of the molecule is O=C(O)c1sc2ccccc2c1S(=O)(=O)N1CC(O)C1. The summed E-state index contributed by atoms with van der Waals surface area (Å²) in [4.78, 5) is 11.0. The van der Waals surface area contributed by atoms with Gasteiger partial charge in [0, 0.05) is 23.2 Å². The van der Waals surface area contributed by atoms with E-state index in [0.29, 0.717) is 10.1 Å². The molecule has 0 atom stereocenters. The van der Waals surface area contributed by atoms with Crippen molar-refractivity contribution >= 4 is 37.4 Å². The minimum absolute atomic E-state index is 0.00552. The van der Waals surface area contributed by atoms with E-state index in [2.05, 4.69) is 0 Å². The number of fused-ring (bicyclic) bond motifs is 1. The summed E-state index contributed by atoms with van der Waals surface area (Å²) in [6.45, 7) is 0.0110. The normalized spacial score (nSPS) is 17.2. The summed E-state index contributed by atoms with van der Waals surface area (Å²) in [5, 5.41) is 18.9. The summed E-state index contributed by atoms with van der Waals surface area (Å²) in [7, 11) is -3.89. The fourth-order valence-electron chi connectivity index (χ4n) is 2.16. The number of aliphatic hydroxyl groups excluding tert-OH is 1. The second-order valence-electron chi connectivity index (χ2n) is 4.54. The molecule has 8 heteroatoms. The van der Waals surface area contributed by atoms with Crippen LogP contribution < -0.4 is 0 Å². The lowest BCUT2D eigenvalue weighted by Gasteiger charge is -2.34. The van der Waals surface area contributed by atoms with Crippen molar-refractivity contribution in [2.75, 3.05) is 13.1 Å². The molecule has 0 amide bonds. The van der Waals surface area contributed by atoms with Crippen LogP contribution >= 0.6 is 11.3 Å². The van der Waals surface area contributed by atoms with Gasteiger partial charge in [-0.2, -0.15) is 4.31 Å². The van der Waals surface area contributed by atoms with Crippen molar-refractivity contribution in [3.8, 4) is 0 Å². The fourth-order valence-corrected chi connectivity index (χ4v) is 5.38. The Morgan fingerprint density at radius 3 is 2.55 bits per heavy atom. The van der Waals surface area contributed by atoms with Gasteiger partial charge in [-0.1, -0.05) is 18.2 Å². The highest BCUT2D eigenvalue weighted by Crippen LogP contribution is 2.37. The highest BCUT2D eigenvalue weighted by Gasteiger charge is 2.39. The molecule has 1 aliphatic heterocycles. The number of carboxylic acids is 1. The topological polar surface area (TPSA) is 94.9 Å². The van der Waals surface area contributed by atoms with Crippen molar-refractivity contribution in [1.29, 1.82) is 0 Å². The number of rotatable bonds is 3. The van der Waals surface area contributed by atoms with Crippen molar-refractivity contribution < 1.29 is 23.4 Å². The van der Waals surface area contributed by atoms with Gasteiger partial charge >= 0.3 is 5.97 Å². The summed E-state index contributed by atoms with van der Waals surface area (Å²) in [5.41, 5.74) is 0. The first-order valence-electron chi connectivity index (χ1n) is 5.84. The second kappa shape index (κ2) is 4.52. The average Bonchev–Trinajstić information content (AvgIpc) is 2.75. The van der Waals surface area contributed by atoms with Crippen molar-refractivity contribution in [2.45, 2.75) is 11.0 Å². The Kier molecular flexibility index (Phi) is 3.05. The highest BCUT2D eigenvalue weighted by atomic mass is 32.2. The van der Waals surface area contributed by atoms with Crippen LogP contribution in [0.15, 0.2) is 29.2 Å². The van der Waals surface area contributed by atoms with E-state index in [9.17, 15) is 23.4 Å². The number of carboxylic acid groups (broad SMARTS) is 1. The zero-order chi connectivity index (χ0) is 14.5. The van der Waals surface area contributed by atoms with Gasteiger partial charge in [0.25, 0.3) is 0 Å². The van der Waals surface area contributed by atoms with Crippen LogP contribution in [-0.2, 0) is 10.0 Å². The average molecular weight is 313 g/mol. The summed E-state index contributed by atoms with van der Waals surface area (Å²) in [6.07, 6.45) is -0.678. The predicted molar refractivity (Wildman–Crippen MR) is 73.5 cm³/mol. The third-order valence-electron chi connectivity index (χ3n) is 3.17. The maximum Gasteiger partial charge on any atom is 0.347 e. The summed E-state index contributed by atoms with van der Waals surface area (Å²) < 4.78 is 26.7. The van der Waals surface area contributed by atoms with Gasteiger partial charge in [0.2, 0.25) is 10.0 Å². The van der Waals surface area contributed by atoms with Gasteiger partial charge in [0.15, 0.2) is 0 Å². The van der Waals surface area contributed by atoms with Crippen LogP contribution in [0.5, 0.6) is 0 Å². The van der Waals surface area contributed by atoms with Crippen molar-refractivity contribution in [3.05, 3.63) is 29.1 Å². The Hall–Kier alpha value is -1.48. The van der Waals surface area contributed by atoms with Gasteiger partial charge in [-0.3, -0.25) is 0 Å². The van der Waals surface area contributed by atoms with Crippen LogP contribution in [-0.4, -0.2) is 48.1 Å². The Labute approximate surface area is 118 Å². The summed E-state index contributed by atoms with van der Waals surface area (Å²) in [6, 6.07) is 6.69. The van der Waals surface area contributed by atoms with E-state index in [-0.39, 0.29) is 22.9 Å². The van der Waals surface area contributed by atoms with E-state index in [1.165, 1.54) is 0 Å². The first-order valence-corrected chi connectivity index (χ1v) is 8.10. The van der Waals surface area contributed by atoms with Crippen LogP contribution in [0, 0.1) is 0 Å². The molecule has 1 aromatic carbocycles. The molecule has 0 spiro atoms. The first-order chi connectivity index (χ1) is 9.41. The second-order valence-corrected chi connectivity index (χ2v) is 7.46. The van der Waals surface area contributed by atoms with Gasteiger partial charge in [-0.25, -0.2) is 13.2 Å². The molecule has 1 fully saturated rings. The van der Waals surface area contributed by atoms with Crippen molar-refractivity contribution in [1.82, 2.24) is 4.31 Å². The smallest absolute Gasteiger partial charge is 0.347 e. The number of benzene rings is 1. The number of nitrogens with zero attached hydrogens (tertiary/aromatic N) is 1. The minimum Gasteiger partial charge on any atom is -0.477 e. The number of aromatic carboxylic acids is 1. The monoisotopic (exact) mass is 313 g/mol. The lowest BCUT2D eigenvalue weighted by atomic mass is 10.2. The van der Waals surface area contributed by atoms with Gasteiger partial charge in [-0.15, -0.1) is 11.3 Å². The van der Waals surface area contributed by atoms with Crippen molar-refractivity contribution in [2.24, 2.45) is 0 Å². The van der Waals surface area contributed by atoms with E-state index in [1.54, 1.807) is 24.3 Å². The van der Waals surface area contributed by atoms with Crippen molar-refractivity contribution in [3.63, 3.8) is 0 Å². The van der Waals surface area contributed by atoms with Crippen LogP contribution in [0.25, 0.3) is 10.1 Å². The lowest BCUT2D eigenvalue weighted by Crippen LogP contribution is -2.53. The molecule has 6 nitrogen and oxygen atoms in total. The van der Waals surface area contributed by atoms with E-state index in [0.717, 1.165) is 15.6 Å². The van der Waals surface area contributed by atoms with Crippen LogP contribution in [0.3, 0.4) is 0 Å². The Morgan fingerprint density at radius 2 is 1.95 bits per heavy atom. The number of aliphatic hydroxyl groups is 1. The molecule has 20 heavy (non-hydrogen) atoms. The molecular formula is C12H11NO5S2. The molecule has 106 valence electrons. The van der Waals surface area contributed by atoms with Crippen LogP contribution in [0.2, 0.25) is 0 Å². The molecule has 1 aliphatic rings. The van der Waals surface area contributed by atoms with Gasteiger partial charge < -0.3 is 10.2 Å². The molecule has 2 N–H and O–H groups in total. The van der Waals surface area contributed by atoms with E-state index in [1.807, 2.05) is 0 Å². The highest BCUT2D eigenvalue weighted by molar-refractivity contribution is 7.89. The maximum atomic E-state index is 12.5. The van der Waals surface area contributed by atoms with Gasteiger partial charge in [0.1, 0.15) is 9.77 Å². The number of hydrogen-bond acceptors (Lipinski definition) is 5. The third-order valence-corrected chi connectivity index (χ3v) is 6.38. The summed E-state index contributed by atoms with van der Waals surface area (Å²) >= 11 is 0.944. The lowest BCUT2D eigenvalue weighted by molar-refractivity contribution is 0.0547. The first kappa shape index (κ1) is 13.5. The number of thiophene rings is 1. The zero-order valence-electron chi connectivity index (χ0n) is 10.2. The van der Waals surface area contributed by atoms with E-state index >= 15 is 0 Å². The fraction of sp³-hybridized carbons (Fsp3) is 0.250.